The minimum atomic E-state index is 0.176. The number of hydrogen-bond acceptors (Lipinski definition) is 3. The lowest BCUT2D eigenvalue weighted by Gasteiger charge is -2.03. The van der Waals surface area contributed by atoms with Crippen LogP contribution < -0.4 is 5.32 Å². The summed E-state index contributed by atoms with van der Waals surface area (Å²) in [7, 11) is 0. The first-order valence-corrected chi connectivity index (χ1v) is 4.01. The van der Waals surface area contributed by atoms with Crippen LogP contribution in [0.1, 0.15) is 19.3 Å². The van der Waals surface area contributed by atoms with Gasteiger partial charge in [-0.1, -0.05) is 0 Å². The Morgan fingerprint density at radius 3 is 3.00 bits per heavy atom. The van der Waals surface area contributed by atoms with E-state index in [1.54, 1.807) is 0 Å². The number of hydrogen-bond donors (Lipinski definition) is 1. The summed E-state index contributed by atoms with van der Waals surface area (Å²) in [6.45, 7) is 1.75. The molecule has 0 amide bonds. The number of Topliss-reactive ketones (excluding diaryl/α,β-unsaturated/α-hetero) is 1. The van der Waals surface area contributed by atoms with Gasteiger partial charge in [0.15, 0.2) is 0 Å². The van der Waals surface area contributed by atoms with Crippen LogP contribution in [-0.4, -0.2) is 25.2 Å². The fourth-order valence-corrected chi connectivity index (χ4v) is 1.33. The molecule has 0 aromatic carbocycles. The molecule has 1 atom stereocenters. The molecule has 11 heavy (non-hydrogen) atoms. The third kappa shape index (κ3) is 2.42. The first-order valence-electron chi connectivity index (χ1n) is 4.01. The molecule has 0 aliphatic carbocycles. The van der Waals surface area contributed by atoms with Gasteiger partial charge in [0.25, 0.3) is 0 Å². The Hall–Kier alpha value is -0.700. The Balaban J connectivity index is 2.22. The van der Waals surface area contributed by atoms with Crippen molar-refractivity contribution in [1.82, 2.24) is 5.32 Å². The molecule has 0 spiro atoms. The second kappa shape index (κ2) is 4.23. The average molecular weight is 155 g/mol. The summed E-state index contributed by atoms with van der Waals surface area (Å²) in [6.07, 6.45) is 2.56. The van der Waals surface area contributed by atoms with E-state index in [9.17, 15) is 9.59 Å². The van der Waals surface area contributed by atoms with Gasteiger partial charge >= 0.3 is 0 Å². The Bertz CT molecular complexity index is 150. The van der Waals surface area contributed by atoms with Crippen molar-refractivity contribution in [2.75, 3.05) is 13.1 Å². The maximum absolute atomic E-state index is 11.2. The molecule has 0 radical (unpaired) electrons. The van der Waals surface area contributed by atoms with Gasteiger partial charge in [0.05, 0.1) is 0 Å². The molecule has 0 aromatic heterocycles. The van der Waals surface area contributed by atoms with Gasteiger partial charge in [-0.2, -0.15) is 0 Å². The average Bonchev–Trinajstić information content (AvgIpc) is 2.52. The first-order chi connectivity index (χ1) is 5.34. The molecule has 3 heteroatoms. The zero-order valence-corrected chi connectivity index (χ0v) is 6.51. The van der Waals surface area contributed by atoms with E-state index in [4.69, 9.17) is 0 Å². The maximum Gasteiger partial charge on any atom is 0.137 e. The highest BCUT2D eigenvalue weighted by Gasteiger charge is 2.21. The standard InChI is InChI=1S/C8H13NO2/c10-5-1-2-8(11)7-3-4-9-6-7/h5,7,9H,1-4,6H2. The molecule has 0 saturated carbocycles. The van der Waals surface area contributed by atoms with Gasteiger partial charge in [0, 0.05) is 25.3 Å². The SMILES string of the molecule is O=CCCC(=O)C1CCNC1. The molecular weight excluding hydrogens is 142 g/mol. The number of nitrogens with one attached hydrogen (secondary N) is 1. The minimum absolute atomic E-state index is 0.176. The van der Waals surface area contributed by atoms with Gasteiger partial charge in [-0.05, 0) is 13.0 Å². The predicted molar refractivity (Wildman–Crippen MR) is 41.3 cm³/mol. The molecule has 1 fully saturated rings. The lowest BCUT2D eigenvalue weighted by Crippen LogP contribution is -2.17. The summed E-state index contributed by atoms with van der Waals surface area (Å²) in [6, 6.07) is 0. The number of carbonyl (C=O) groups excluding carboxylic acids is 2. The fourth-order valence-electron chi connectivity index (χ4n) is 1.33. The maximum atomic E-state index is 11.2. The summed E-state index contributed by atoms with van der Waals surface area (Å²) >= 11 is 0. The molecule has 0 bridgehead atoms. The van der Waals surface area contributed by atoms with E-state index in [-0.39, 0.29) is 11.7 Å². The van der Waals surface area contributed by atoms with E-state index in [1.807, 2.05) is 0 Å². The number of carbonyl (C=O) groups is 2. The van der Waals surface area contributed by atoms with Crippen molar-refractivity contribution >= 4 is 12.1 Å². The van der Waals surface area contributed by atoms with Crippen LogP contribution in [0.4, 0.5) is 0 Å². The molecule has 1 heterocycles. The summed E-state index contributed by atoms with van der Waals surface area (Å²) in [5.41, 5.74) is 0. The second-order valence-corrected chi connectivity index (χ2v) is 2.86. The number of ketones is 1. The predicted octanol–water partition coefficient (Wildman–Crippen LogP) is 0.144. The monoisotopic (exact) mass is 155 g/mol. The van der Waals surface area contributed by atoms with Crippen LogP contribution in [0.3, 0.4) is 0 Å². The van der Waals surface area contributed by atoms with Crippen LogP contribution in [0.2, 0.25) is 0 Å². The fraction of sp³-hybridized carbons (Fsp3) is 0.750. The molecular formula is C8H13NO2. The van der Waals surface area contributed by atoms with Crippen molar-refractivity contribution in [3.05, 3.63) is 0 Å². The lowest BCUT2D eigenvalue weighted by atomic mass is 10.0. The van der Waals surface area contributed by atoms with Crippen LogP contribution in [0.15, 0.2) is 0 Å². The largest absolute Gasteiger partial charge is 0.316 e. The Kier molecular flexibility index (Phi) is 3.23. The Morgan fingerprint density at radius 2 is 2.45 bits per heavy atom. The highest BCUT2D eigenvalue weighted by molar-refractivity contribution is 5.83. The van der Waals surface area contributed by atoms with E-state index in [0.29, 0.717) is 12.8 Å². The van der Waals surface area contributed by atoms with Gasteiger partial charge in [-0.3, -0.25) is 4.79 Å². The van der Waals surface area contributed by atoms with E-state index in [1.165, 1.54) is 0 Å². The van der Waals surface area contributed by atoms with Gasteiger partial charge in [0.1, 0.15) is 12.1 Å². The lowest BCUT2D eigenvalue weighted by molar-refractivity contribution is -0.123. The topological polar surface area (TPSA) is 46.2 Å². The van der Waals surface area contributed by atoms with E-state index in [2.05, 4.69) is 5.32 Å². The normalized spacial score (nSPS) is 23.5. The molecule has 1 aliphatic rings. The zero-order chi connectivity index (χ0) is 8.10. The quantitative estimate of drug-likeness (QED) is 0.587. The molecule has 1 rings (SSSR count). The van der Waals surface area contributed by atoms with Crippen molar-refractivity contribution in [3.63, 3.8) is 0 Å². The van der Waals surface area contributed by atoms with Gasteiger partial charge < -0.3 is 10.1 Å². The minimum Gasteiger partial charge on any atom is -0.316 e. The Labute approximate surface area is 66.2 Å². The molecule has 62 valence electrons. The molecule has 1 aliphatic heterocycles. The van der Waals surface area contributed by atoms with Gasteiger partial charge in [-0.25, -0.2) is 0 Å². The third-order valence-electron chi connectivity index (χ3n) is 2.02. The van der Waals surface area contributed by atoms with Crippen LogP contribution >= 0.6 is 0 Å². The van der Waals surface area contributed by atoms with Crippen LogP contribution in [0.5, 0.6) is 0 Å². The van der Waals surface area contributed by atoms with E-state index >= 15 is 0 Å². The summed E-state index contributed by atoms with van der Waals surface area (Å²) in [5.74, 6) is 0.414. The third-order valence-corrected chi connectivity index (χ3v) is 2.02. The smallest absolute Gasteiger partial charge is 0.137 e. The van der Waals surface area contributed by atoms with Crippen molar-refractivity contribution < 1.29 is 9.59 Å². The molecule has 3 nitrogen and oxygen atoms in total. The van der Waals surface area contributed by atoms with Crippen LogP contribution in [-0.2, 0) is 9.59 Å². The number of aldehydes is 1. The highest BCUT2D eigenvalue weighted by Crippen LogP contribution is 2.11. The molecule has 1 unspecified atom stereocenters. The number of rotatable bonds is 4. The van der Waals surface area contributed by atoms with Crippen LogP contribution in [0, 0.1) is 5.92 Å². The summed E-state index contributed by atoms with van der Waals surface area (Å²) < 4.78 is 0. The first kappa shape index (κ1) is 8.40. The molecule has 0 aromatic rings. The highest BCUT2D eigenvalue weighted by atomic mass is 16.1. The summed E-state index contributed by atoms with van der Waals surface area (Å²) in [4.78, 5) is 21.2. The van der Waals surface area contributed by atoms with Gasteiger partial charge in [0.2, 0.25) is 0 Å². The molecule has 1 N–H and O–H groups in total. The van der Waals surface area contributed by atoms with Crippen molar-refractivity contribution in [3.8, 4) is 0 Å². The van der Waals surface area contributed by atoms with E-state index in [0.717, 1.165) is 25.8 Å². The van der Waals surface area contributed by atoms with Crippen molar-refractivity contribution in [1.29, 1.82) is 0 Å². The van der Waals surface area contributed by atoms with E-state index < -0.39 is 0 Å². The van der Waals surface area contributed by atoms with Gasteiger partial charge in [-0.15, -0.1) is 0 Å². The van der Waals surface area contributed by atoms with Crippen LogP contribution in [0.25, 0.3) is 0 Å². The second-order valence-electron chi connectivity index (χ2n) is 2.86. The Morgan fingerprint density at radius 1 is 1.64 bits per heavy atom. The zero-order valence-electron chi connectivity index (χ0n) is 6.51. The molecule has 1 saturated heterocycles. The summed E-state index contributed by atoms with van der Waals surface area (Å²) in [5, 5.41) is 3.12. The van der Waals surface area contributed by atoms with Crippen molar-refractivity contribution in [2.24, 2.45) is 5.92 Å². The van der Waals surface area contributed by atoms with Crippen molar-refractivity contribution in [2.45, 2.75) is 19.3 Å².